The number of nitrogens with one attached hydrogen (secondary N) is 1. The summed E-state index contributed by atoms with van der Waals surface area (Å²) in [7, 11) is 1.73. The van der Waals surface area contributed by atoms with Crippen LogP contribution in [0.5, 0.6) is 5.75 Å². The SMILES string of the molecule is COc1ccccc1CSc1cccc(CNC2CC2)c1. The lowest BCUT2D eigenvalue weighted by molar-refractivity contribution is 0.411. The van der Waals surface area contributed by atoms with Crippen LogP contribution in [-0.4, -0.2) is 13.2 Å². The molecule has 2 nitrogen and oxygen atoms in total. The summed E-state index contributed by atoms with van der Waals surface area (Å²) in [6.45, 7) is 0.980. The summed E-state index contributed by atoms with van der Waals surface area (Å²) in [4.78, 5) is 1.32. The smallest absolute Gasteiger partial charge is 0.122 e. The second-order valence-electron chi connectivity index (χ2n) is 5.40. The van der Waals surface area contributed by atoms with Crippen molar-refractivity contribution in [3.63, 3.8) is 0 Å². The fraction of sp³-hybridized carbons (Fsp3) is 0.333. The molecule has 1 aliphatic rings. The highest BCUT2D eigenvalue weighted by Crippen LogP contribution is 2.28. The number of rotatable bonds is 7. The Bertz CT molecular complexity index is 595. The summed E-state index contributed by atoms with van der Waals surface area (Å²) >= 11 is 1.86. The number of methoxy groups -OCH3 is 1. The molecule has 1 fully saturated rings. The van der Waals surface area contributed by atoms with Crippen LogP contribution in [0.2, 0.25) is 0 Å². The number of para-hydroxylation sites is 1. The second kappa shape index (κ2) is 7.01. The van der Waals surface area contributed by atoms with Crippen LogP contribution in [0.1, 0.15) is 24.0 Å². The predicted octanol–water partition coefficient (Wildman–Crippen LogP) is 4.24. The summed E-state index contributed by atoms with van der Waals surface area (Å²) in [6, 6.07) is 17.8. The van der Waals surface area contributed by atoms with E-state index in [1.165, 1.54) is 28.9 Å². The fourth-order valence-corrected chi connectivity index (χ4v) is 3.25. The molecule has 0 saturated heterocycles. The van der Waals surface area contributed by atoms with Gasteiger partial charge >= 0.3 is 0 Å². The Labute approximate surface area is 130 Å². The maximum Gasteiger partial charge on any atom is 0.122 e. The van der Waals surface area contributed by atoms with Crippen LogP contribution in [0.25, 0.3) is 0 Å². The molecule has 21 heavy (non-hydrogen) atoms. The molecule has 0 aromatic heterocycles. The highest BCUT2D eigenvalue weighted by Gasteiger charge is 2.19. The second-order valence-corrected chi connectivity index (χ2v) is 6.45. The minimum absolute atomic E-state index is 0.759. The molecule has 1 aliphatic carbocycles. The van der Waals surface area contributed by atoms with Crippen LogP contribution < -0.4 is 10.1 Å². The Kier molecular flexibility index (Phi) is 4.84. The molecule has 0 spiro atoms. The standard InChI is InChI=1S/C18H21NOS/c1-20-18-8-3-2-6-15(18)13-21-17-7-4-5-14(11-17)12-19-16-9-10-16/h2-8,11,16,19H,9-10,12-13H2,1H3. The molecule has 1 saturated carbocycles. The summed E-state index contributed by atoms with van der Waals surface area (Å²) in [5.41, 5.74) is 2.61. The molecule has 1 N–H and O–H groups in total. The fourth-order valence-electron chi connectivity index (χ4n) is 2.28. The topological polar surface area (TPSA) is 21.3 Å². The maximum atomic E-state index is 5.41. The van der Waals surface area contributed by atoms with E-state index in [-0.39, 0.29) is 0 Å². The number of ether oxygens (including phenoxy) is 1. The Morgan fingerprint density at radius 1 is 1.14 bits per heavy atom. The molecule has 110 valence electrons. The van der Waals surface area contributed by atoms with Crippen LogP contribution in [0.3, 0.4) is 0 Å². The quantitative estimate of drug-likeness (QED) is 0.773. The zero-order chi connectivity index (χ0) is 14.5. The molecular weight excluding hydrogens is 278 g/mol. The molecule has 0 atom stereocenters. The van der Waals surface area contributed by atoms with Gasteiger partial charge < -0.3 is 10.1 Å². The van der Waals surface area contributed by atoms with Gasteiger partial charge in [-0.25, -0.2) is 0 Å². The van der Waals surface area contributed by atoms with Crippen molar-refractivity contribution in [2.75, 3.05) is 7.11 Å². The molecule has 0 unspecified atom stereocenters. The van der Waals surface area contributed by atoms with Crippen molar-refractivity contribution in [2.45, 2.75) is 36.1 Å². The Morgan fingerprint density at radius 3 is 2.81 bits per heavy atom. The van der Waals surface area contributed by atoms with Gasteiger partial charge in [0.05, 0.1) is 7.11 Å². The average molecular weight is 299 g/mol. The number of hydrogen-bond donors (Lipinski definition) is 1. The lowest BCUT2D eigenvalue weighted by Crippen LogP contribution is -2.15. The van der Waals surface area contributed by atoms with E-state index in [1.54, 1.807) is 7.11 Å². The van der Waals surface area contributed by atoms with Crippen LogP contribution in [0.4, 0.5) is 0 Å². The van der Waals surface area contributed by atoms with Crippen LogP contribution in [0, 0.1) is 0 Å². The van der Waals surface area contributed by atoms with Crippen molar-refractivity contribution >= 4 is 11.8 Å². The van der Waals surface area contributed by atoms with E-state index in [0.29, 0.717) is 0 Å². The van der Waals surface area contributed by atoms with Gasteiger partial charge in [-0.3, -0.25) is 0 Å². The Balaban J connectivity index is 1.60. The van der Waals surface area contributed by atoms with Gasteiger partial charge in [-0.15, -0.1) is 11.8 Å². The third kappa shape index (κ3) is 4.26. The summed E-state index contributed by atoms with van der Waals surface area (Å²) in [6.07, 6.45) is 2.67. The molecule has 0 amide bonds. The average Bonchev–Trinajstić information content (AvgIpc) is 3.36. The molecule has 0 bridgehead atoms. The number of thioether (sulfide) groups is 1. The monoisotopic (exact) mass is 299 g/mol. The summed E-state index contributed by atoms with van der Waals surface area (Å²) < 4.78 is 5.41. The molecule has 0 radical (unpaired) electrons. The highest BCUT2D eigenvalue weighted by atomic mass is 32.2. The maximum absolute atomic E-state index is 5.41. The van der Waals surface area contributed by atoms with Crippen molar-refractivity contribution in [1.29, 1.82) is 0 Å². The Hall–Kier alpha value is -1.45. The number of benzene rings is 2. The first-order chi connectivity index (χ1) is 10.3. The van der Waals surface area contributed by atoms with Gasteiger partial charge in [0.25, 0.3) is 0 Å². The van der Waals surface area contributed by atoms with E-state index >= 15 is 0 Å². The van der Waals surface area contributed by atoms with Crippen LogP contribution in [0.15, 0.2) is 53.4 Å². The van der Waals surface area contributed by atoms with Crippen LogP contribution >= 0.6 is 11.8 Å². The van der Waals surface area contributed by atoms with Gasteiger partial charge in [0.1, 0.15) is 5.75 Å². The molecule has 3 rings (SSSR count). The molecular formula is C18H21NOS. The third-order valence-corrected chi connectivity index (χ3v) is 4.70. The third-order valence-electron chi connectivity index (χ3n) is 3.66. The molecule has 0 heterocycles. The highest BCUT2D eigenvalue weighted by molar-refractivity contribution is 7.98. The van der Waals surface area contributed by atoms with E-state index < -0.39 is 0 Å². The van der Waals surface area contributed by atoms with Crippen molar-refractivity contribution in [3.8, 4) is 5.75 Å². The first-order valence-electron chi connectivity index (χ1n) is 7.42. The normalized spacial score (nSPS) is 14.1. The minimum Gasteiger partial charge on any atom is -0.496 e. The number of hydrogen-bond acceptors (Lipinski definition) is 3. The van der Waals surface area contributed by atoms with E-state index in [9.17, 15) is 0 Å². The van der Waals surface area contributed by atoms with Gasteiger partial charge in [0.2, 0.25) is 0 Å². The van der Waals surface area contributed by atoms with Crippen molar-refractivity contribution in [1.82, 2.24) is 5.32 Å². The molecule has 0 aliphatic heterocycles. The van der Waals surface area contributed by atoms with Gasteiger partial charge in [0, 0.05) is 28.8 Å². The van der Waals surface area contributed by atoms with Crippen molar-refractivity contribution < 1.29 is 4.74 Å². The van der Waals surface area contributed by atoms with E-state index in [0.717, 1.165) is 24.1 Å². The zero-order valence-corrected chi connectivity index (χ0v) is 13.2. The molecule has 2 aromatic rings. The summed E-state index contributed by atoms with van der Waals surface area (Å²) in [5, 5.41) is 3.56. The van der Waals surface area contributed by atoms with E-state index in [4.69, 9.17) is 4.74 Å². The predicted molar refractivity (Wildman–Crippen MR) is 88.9 cm³/mol. The lowest BCUT2D eigenvalue weighted by atomic mass is 10.2. The van der Waals surface area contributed by atoms with Crippen LogP contribution in [-0.2, 0) is 12.3 Å². The Morgan fingerprint density at radius 2 is 2.00 bits per heavy atom. The minimum atomic E-state index is 0.759. The van der Waals surface area contributed by atoms with Gasteiger partial charge in [-0.05, 0) is 36.6 Å². The first kappa shape index (κ1) is 14.5. The van der Waals surface area contributed by atoms with Gasteiger partial charge in [-0.2, -0.15) is 0 Å². The van der Waals surface area contributed by atoms with Crippen molar-refractivity contribution in [2.24, 2.45) is 0 Å². The van der Waals surface area contributed by atoms with Gasteiger partial charge in [-0.1, -0.05) is 30.3 Å². The molecule has 3 heteroatoms. The van der Waals surface area contributed by atoms with E-state index in [2.05, 4.69) is 41.7 Å². The molecule has 2 aromatic carbocycles. The lowest BCUT2D eigenvalue weighted by Gasteiger charge is -2.09. The largest absolute Gasteiger partial charge is 0.496 e. The first-order valence-corrected chi connectivity index (χ1v) is 8.41. The van der Waals surface area contributed by atoms with Gasteiger partial charge in [0.15, 0.2) is 0 Å². The van der Waals surface area contributed by atoms with Crippen molar-refractivity contribution in [3.05, 3.63) is 59.7 Å². The van der Waals surface area contributed by atoms with E-state index in [1.807, 2.05) is 23.9 Å². The zero-order valence-electron chi connectivity index (χ0n) is 12.3. The summed E-state index contributed by atoms with van der Waals surface area (Å²) in [5.74, 6) is 1.90.